The Balaban J connectivity index is 3.18. The summed E-state index contributed by atoms with van der Waals surface area (Å²) in [6, 6.07) is 0. The molecule has 0 aliphatic carbocycles. The molecule has 3 nitrogen and oxygen atoms in total. The molecule has 0 saturated heterocycles. The highest BCUT2D eigenvalue weighted by Crippen LogP contribution is 2.08. The van der Waals surface area contributed by atoms with Crippen LogP contribution in [0.25, 0.3) is 0 Å². The van der Waals surface area contributed by atoms with Gasteiger partial charge in [-0.3, -0.25) is 0 Å². The molecule has 1 rings (SSSR count). The minimum absolute atomic E-state index is 0.547. The number of nitrogens with zero attached hydrogens (tertiary/aromatic N) is 1. The lowest BCUT2D eigenvalue weighted by Crippen LogP contribution is -2.08. The minimum Gasteiger partial charge on any atom is -0.335 e. The molecule has 0 radical (unpaired) electrons. The van der Waals surface area contributed by atoms with Crippen LogP contribution in [0.3, 0.4) is 0 Å². The van der Waals surface area contributed by atoms with E-state index >= 15 is 0 Å². The fourth-order valence-electron chi connectivity index (χ4n) is 1.27. The van der Waals surface area contributed by atoms with E-state index in [2.05, 4.69) is 9.97 Å². The van der Waals surface area contributed by atoms with Crippen molar-refractivity contribution in [3.8, 4) is 0 Å². The second-order valence-electron chi connectivity index (χ2n) is 2.77. The fraction of sp³-hybridized carbons (Fsp3) is 0.500. The molecule has 0 aromatic carbocycles. The largest absolute Gasteiger partial charge is 0.335 e. The number of hydrogen-bond donors (Lipinski definition) is 2. The van der Waals surface area contributed by atoms with Crippen LogP contribution >= 0.6 is 12.2 Å². The number of nitrogens with two attached hydrogens (primary N) is 1. The summed E-state index contributed by atoms with van der Waals surface area (Å²) in [6.07, 6.45) is 0.858. The average molecular weight is 183 g/mol. The lowest BCUT2D eigenvalue weighted by Gasteiger charge is -2.06. The first-order chi connectivity index (χ1) is 5.65. The number of H-pyrrole nitrogens is 1. The molecule has 0 saturated carbocycles. The molecule has 66 valence electrons. The van der Waals surface area contributed by atoms with Crippen LogP contribution in [0.1, 0.15) is 17.0 Å². The minimum atomic E-state index is 0.547. The first-order valence-electron chi connectivity index (χ1n) is 3.91. The van der Waals surface area contributed by atoms with Gasteiger partial charge in [0, 0.05) is 11.4 Å². The third-order valence-electron chi connectivity index (χ3n) is 1.85. The van der Waals surface area contributed by atoms with Crippen molar-refractivity contribution in [2.75, 3.05) is 6.54 Å². The molecule has 1 aromatic heterocycles. The van der Waals surface area contributed by atoms with Gasteiger partial charge in [-0.05, 0) is 44.6 Å². The van der Waals surface area contributed by atoms with Gasteiger partial charge in [0.2, 0.25) is 0 Å². The van der Waals surface area contributed by atoms with Crippen molar-refractivity contribution >= 4 is 12.2 Å². The maximum Gasteiger partial charge on any atom is 0.197 e. The lowest BCUT2D eigenvalue weighted by molar-refractivity contribution is 0.888. The van der Waals surface area contributed by atoms with Gasteiger partial charge in [-0.1, -0.05) is 0 Å². The van der Waals surface area contributed by atoms with Gasteiger partial charge in [-0.15, -0.1) is 0 Å². The third-order valence-corrected chi connectivity index (χ3v) is 2.04. The fourth-order valence-corrected chi connectivity index (χ4v) is 1.56. The van der Waals surface area contributed by atoms with E-state index in [-0.39, 0.29) is 0 Å². The van der Waals surface area contributed by atoms with E-state index in [1.54, 1.807) is 0 Å². The molecule has 0 atom stereocenters. The van der Waals surface area contributed by atoms with Crippen molar-refractivity contribution in [1.82, 2.24) is 9.97 Å². The Kier molecular flexibility index (Phi) is 2.94. The van der Waals surface area contributed by atoms with Gasteiger partial charge in [0.25, 0.3) is 0 Å². The van der Waals surface area contributed by atoms with E-state index in [0.29, 0.717) is 11.3 Å². The van der Waals surface area contributed by atoms with Crippen LogP contribution in [-0.4, -0.2) is 16.5 Å². The van der Waals surface area contributed by atoms with Crippen LogP contribution in [0, 0.1) is 18.6 Å². The Hall–Kier alpha value is -0.740. The summed E-state index contributed by atoms with van der Waals surface area (Å²) in [7, 11) is 0. The number of nitrogens with one attached hydrogen (secondary N) is 1. The quantitative estimate of drug-likeness (QED) is 0.679. The van der Waals surface area contributed by atoms with Crippen LogP contribution in [0.15, 0.2) is 0 Å². The second kappa shape index (κ2) is 3.78. The number of aromatic nitrogens is 2. The zero-order valence-electron chi connectivity index (χ0n) is 7.35. The van der Waals surface area contributed by atoms with Gasteiger partial charge in [-0.25, -0.2) is 4.98 Å². The highest BCUT2D eigenvalue weighted by Gasteiger charge is 2.02. The monoisotopic (exact) mass is 183 g/mol. The van der Waals surface area contributed by atoms with Crippen LogP contribution in [0.2, 0.25) is 0 Å². The van der Waals surface area contributed by atoms with Gasteiger partial charge >= 0.3 is 0 Å². The van der Waals surface area contributed by atoms with Crippen LogP contribution in [0.4, 0.5) is 0 Å². The summed E-state index contributed by atoms with van der Waals surface area (Å²) in [4.78, 5) is 7.17. The number of aryl methyl sites for hydroxylation is 2. The van der Waals surface area contributed by atoms with Crippen molar-refractivity contribution < 1.29 is 0 Å². The molecular weight excluding hydrogens is 170 g/mol. The summed E-state index contributed by atoms with van der Waals surface area (Å²) < 4.78 is 0.547. The van der Waals surface area contributed by atoms with Gasteiger partial charge in [-0.2, -0.15) is 0 Å². The summed E-state index contributed by atoms with van der Waals surface area (Å²) in [6.45, 7) is 4.60. The highest BCUT2D eigenvalue weighted by atomic mass is 32.1. The molecule has 4 heteroatoms. The van der Waals surface area contributed by atoms with E-state index in [9.17, 15) is 0 Å². The van der Waals surface area contributed by atoms with Gasteiger partial charge in [0.05, 0.1) is 0 Å². The molecule has 0 amide bonds. The summed E-state index contributed by atoms with van der Waals surface area (Å²) >= 11 is 4.93. The normalized spacial score (nSPS) is 10.2. The summed E-state index contributed by atoms with van der Waals surface area (Å²) in [5, 5.41) is 0. The van der Waals surface area contributed by atoms with E-state index in [0.717, 1.165) is 17.8 Å². The Morgan fingerprint density at radius 1 is 1.50 bits per heavy atom. The Morgan fingerprint density at radius 2 is 2.17 bits per heavy atom. The summed E-state index contributed by atoms with van der Waals surface area (Å²) in [5.41, 5.74) is 8.72. The Labute approximate surface area is 77.0 Å². The Bertz CT molecular complexity index is 303. The van der Waals surface area contributed by atoms with Crippen molar-refractivity contribution in [2.45, 2.75) is 20.3 Å². The van der Waals surface area contributed by atoms with Crippen LogP contribution in [-0.2, 0) is 6.42 Å². The molecule has 0 aliphatic heterocycles. The maximum absolute atomic E-state index is 5.47. The van der Waals surface area contributed by atoms with Crippen molar-refractivity contribution in [1.29, 1.82) is 0 Å². The van der Waals surface area contributed by atoms with Crippen LogP contribution in [0.5, 0.6) is 0 Å². The van der Waals surface area contributed by atoms with E-state index in [4.69, 9.17) is 18.0 Å². The topological polar surface area (TPSA) is 54.7 Å². The van der Waals surface area contributed by atoms with E-state index < -0.39 is 0 Å². The van der Waals surface area contributed by atoms with Gasteiger partial charge in [0.15, 0.2) is 4.77 Å². The highest BCUT2D eigenvalue weighted by molar-refractivity contribution is 7.71. The number of aromatic amines is 1. The molecule has 0 unspecified atom stereocenters. The molecule has 3 N–H and O–H groups in total. The number of hydrogen-bond acceptors (Lipinski definition) is 3. The third kappa shape index (κ3) is 1.89. The molecule has 0 bridgehead atoms. The van der Waals surface area contributed by atoms with E-state index in [1.807, 2.05) is 13.8 Å². The first-order valence-corrected chi connectivity index (χ1v) is 4.32. The van der Waals surface area contributed by atoms with Gasteiger partial charge in [0.1, 0.15) is 0 Å². The molecule has 0 fully saturated rings. The zero-order valence-corrected chi connectivity index (χ0v) is 8.16. The smallest absolute Gasteiger partial charge is 0.197 e. The van der Waals surface area contributed by atoms with Crippen LogP contribution < -0.4 is 5.73 Å². The summed E-state index contributed by atoms with van der Waals surface area (Å²) in [5.74, 6) is 0. The second-order valence-corrected chi connectivity index (χ2v) is 3.16. The predicted octanol–water partition coefficient (Wildman–Crippen LogP) is 1.26. The molecule has 0 aliphatic rings. The predicted molar refractivity (Wildman–Crippen MR) is 51.7 cm³/mol. The average Bonchev–Trinajstić information content (AvgIpc) is 1.96. The molecule has 12 heavy (non-hydrogen) atoms. The van der Waals surface area contributed by atoms with E-state index in [1.165, 1.54) is 5.56 Å². The SMILES string of the molecule is Cc1nc(=S)[nH]c(C)c1CCN. The van der Waals surface area contributed by atoms with Gasteiger partial charge < -0.3 is 10.7 Å². The van der Waals surface area contributed by atoms with Crippen molar-refractivity contribution in [3.05, 3.63) is 21.7 Å². The molecule has 0 spiro atoms. The Morgan fingerprint density at radius 3 is 2.67 bits per heavy atom. The first kappa shape index (κ1) is 9.35. The lowest BCUT2D eigenvalue weighted by atomic mass is 10.1. The molecule has 1 heterocycles. The standard InChI is InChI=1S/C8H13N3S/c1-5-7(3-4-9)6(2)11-8(12)10-5/h3-4,9H2,1-2H3,(H,10,11,12). The number of rotatable bonds is 2. The van der Waals surface area contributed by atoms with Crippen molar-refractivity contribution in [2.24, 2.45) is 5.73 Å². The van der Waals surface area contributed by atoms with Crippen molar-refractivity contribution in [3.63, 3.8) is 0 Å². The molecular formula is C8H13N3S. The maximum atomic E-state index is 5.47. The molecule has 1 aromatic rings. The zero-order chi connectivity index (χ0) is 9.14.